The number of urea groups is 1. The first kappa shape index (κ1) is 20.6. The molecule has 0 unspecified atom stereocenters. The van der Waals surface area contributed by atoms with Crippen LogP contribution in [0.5, 0.6) is 0 Å². The third-order valence-electron chi connectivity index (χ3n) is 5.64. The van der Waals surface area contributed by atoms with Crippen LogP contribution < -0.4 is 10.2 Å². The average molecular weight is 429 g/mol. The zero-order valence-corrected chi connectivity index (χ0v) is 18.1. The molecule has 2 aromatic rings. The number of thiazole rings is 1. The van der Waals surface area contributed by atoms with Crippen LogP contribution >= 0.6 is 11.3 Å². The summed E-state index contributed by atoms with van der Waals surface area (Å²) in [6.45, 7) is 6.28. The Hall–Kier alpha value is -2.65. The molecule has 0 radical (unpaired) electrons. The number of nitrogens with one attached hydrogen (secondary N) is 1. The molecular weight excluding hydrogens is 400 g/mol. The number of likely N-dealkylation sites (N-methyl/N-ethyl adjacent to an activating group) is 1. The van der Waals surface area contributed by atoms with Crippen molar-refractivity contribution >= 4 is 34.1 Å². The molecule has 2 fully saturated rings. The molecule has 0 spiro atoms. The minimum Gasteiger partial charge on any atom is -0.368 e. The van der Waals surface area contributed by atoms with E-state index in [-0.39, 0.29) is 18.4 Å². The van der Waals surface area contributed by atoms with Gasteiger partial charge in [0.2, 0.25) is 5.91 Å². The number of para-hydroxylation sites is 1. The van der Waals surface area contributed by atoms with E-state index in [1.165, 1.54) is 17.0 Å². The van der Waals surface area contributed by atoms with E-state index < -0.39 is 0 Å². The smallest absolute Gasteiger partial charge is 0.323 e. The SMILES string of the molecule is CN1CCN(C(=O)Nc2nc(CC(=O)N3CCN(c4ccccc4)CC3)cs2)CC1. The number of carbonyl (C=O) groups is 2. The number of nitrogens with zero attached hydrogens (tertiary/aromatic N) is 5. The molecule has 9 heteroatoms. The minimum atomic E-state index is -0.118. The monoisotopic (exact) mass is 428 g/mol. The zero-order chi connectivity index (χ0) is 20.9. The first-order valence-electron chi connectivity index (χ1n) is 10.3. The number of hydrogen-bond acceptors (Lipinski definition) is 6. The highest BCUT2D eigenvalue weighted by Crippen LogP contribution is 2.19. The van der Waals surface area contributed by atoms with Crippen molar-refractivity contribution in [2.75, 3.05) is 69.6 Å². The van der Waals surface area contributed by atoms with Gasteiger partial charge in [0.1, 0.15) is 0 Å². The normalized spacial score (nSPS) is 17.8. The molecule has 0 saturated carbocycles. The number of amides is 3. The Morgan fingerprint density at radius 1 is 0.967 bits per heavy atom. The summed E-state index contributed by atoms with van der Waals surface area (Å²) in [5.74, 6) is 0.0879. The molecular formula is C21H28N6O2S. The Balaban J connectivity index is 1.25. The largest absolute Gasteiger partial charge is 0.368 e. The van der Waals surface area contributed by atoms with Crippen molar-refractivity contribution in [1.82, 2.24) is 19.7 Å². The third-order valence-corrected chi connectivity index (χ3v) is 6.45. The number of piperazine rings is 2. The Kier molecular flexibility index (Phi) is 6.49. The minimum absolute atomic E-state index is 0.0879. The molecule has 1 aromatic heterocycles. The van der Waals surface area contributed by atoms with Crippen LogP contribution in [0.3, 0.4) is 0 Å². The van der Waals surface area contributed by atoms with E-state index in [0.29, 0.717) is 37.0 Å². The van der Waals surface area contributed by atoms with Crippen LogP contribution in [-0.2, 0) is 11.2 Å². The molecule has 2 saturated heterocycles. The van der Waals surface area contributed by atoms with Crippen LogP contribution in [0.15, 0.2) is 35.7 Å². The Morgan fingerprint density at radius 3 is 2.33 bits per heavy atom. The molecule has 2 aliphatic heterocycles. The van der Waals surface area contributed by atoms with Crippen molar-refractivity contribution < 1.29 is 9.59 Å². The van der Waals surface area contributed by atoms with E-state index in [1.807, 2.05) is 28.5 Å². The predicted molar refractivity (Wildman–Crippen MR) is 119 cm³/mol. The van der Waals surface area contributed by atoms with Crippen LogP contribution in [0.2, 0.25) is 0 Å². The lowest BCUT2D eigenvalue weighted by atomic mass is 10.2. The van der Waals surface area contributed by atoms with E-state index in [4.69, 9.17) is 0 Å². The van der Waals surface area contributed by atoms with Crippen molar-refractivity contribution in [2.24, 2.45) is 0 Å². The molecule has 1 aromatic carbocycles. The van der Waals surface area contributed by atoms with Crippen LogP contribution in [0, 0.1) is 0 Å². The van der Waals surface area contributed by atoms with E-state index >= 15 is 0 Å². The summed E-state index contributed by atoms with van der Waals surface area (Å²) in [6, 6.07) is 10.2. The summed E-state index contributed by atoms with van der Waals surface area (Å²) in [6.07, 6.45) is 0.270. The van der Waals surface area contributed by atoms with E-state index in [1.54, 1.807) is 4.90 Å². The fourth-order valence-corrected chi connectivity index (χ4v) is 4.45. The quantitative estimate of drug-likeness (QED) is 0.804. The molecule has 3 amide bonds. The second-order valence-corrected chi connectivity index (χ2v) is 8.60. The first-order chi connectivity index (χ1) is 14.6. The maximum absolute atomic E-state index is 12.7. The summed E-state index contributed by atoms with van der Waals surface area (Å²) >= 11 is 1.37. The number of carbonyl (C=O) groups excluding carboxylic acids is 2. The highest BCUT2D eigenvalue weighted by atomic mass is 32.1. The maximum Gasteiger partial charge on any atom is 0.323 e. The van der Waals surface area contributed by atoms with Crippen LogP contribution in [0.4, 0.5) is 15.6 Å². The lowest BCUT2D eigenvalue weighted by Gasteiger charge is -2.36. The lowest BCUT2D eigenvalue weighted by Crippen LogP contribution is -2.49. The van der Waals surface area contributed by atoms with Gasteiger partial charge in [0, 0.05) is 63.4 Å². The topological polar surface area (TPSA) is 72.0 Å². The predicted octanol–water partition coefficient (Wildman–Crippen LogP) is 1.81. The molecule has 3 heterocycles. The van der Waals surface area contributed by atoms with Crippen molar-refractivity contribution in [3.05, 3.63) is 41.4 Å². The van der Waals surface area contributed by atoms with Gasteiger partial charge >= 0.3 is 6.03 Å². The summed E-state index contributed by atoms with van der Waals surface area (Å²) < 4.78 is 0. The lowest BCUT2D eigenvalue weighted by molar-refractivity contribution is -0.130. The molecule has 160 valence electrons. The van der Waals surface area contributed by atoms with Gasteiger partial charge in [0.25, 0.3) is 0 Å². The Morgan fingerprint density at radius 2 is 1.63 bits per heavy atom. The summed E-state index contributed by atoms with van der Waals surface area (Å²) in [4.78, 5) is 37.7. The molecule has 8 nitrogen and oxygen atoms in total. The Labute approximate surface area is 181 Å². The Bertz CT molecular complexity index is 857. The van der Waals surface area contributed by atoms with Gasteiger partial charge in [-0.25, -0.2) is 9.78 Å². The third kappa shape index (κ3) is 5.09. The summed E-state index contributed by atoms with van der Waals surface area (Å²) in [5.41, 5.74) is 1.91. The highest BCUT2D eigenvalue weighted by molar-refractivity contribution is 7.13. The van der Waals surface area contributed by atoms with Crippen molar-refractivity contribution in [2.45, 2.75) is 6.42 Å². The second-order valence-electron chi connectivity index (χ2n) is 7.74. The number of aromatic nitrogens is 1. The van der Waals surface area contributed by atoms with Gasteiger partial charge in [-0.3, -0.25) is 10.1 Å². The van der Waals surface area contributed by atoms with Crippen molar-refractivity contribution in [1.29, 1.82) is 0 Å². The first-order valence-corrected chi connectivity index (χ1v) is 11.2. The standard InChI is InChI=1S/C21H28N6O2S/c1-24-7-9-27(10-8-24)21(29)23-20-22-17(16-30-20)15-19(28)26-13-11-25(12-14-26)18-5-3-2-4-6-18/h2-6,16H,7-15H2,1H3,(H,22,23,29). The number of rotatable bonds is 4. The van der Waals surface area contributed by atoms with Crippen LogP contribution in [0.25, 0.3) is 0 Å². The number of anilines is 2. The number of benzene rings is 1. The zero-order valence-electron chi connectivity index (χ0n) is 17.3. The fourth-order valence-electron chi connectivity index (χ4n) is 3.75. The summed E-state index contributed by atoms with van der Waals surface area (Å²) in [5, 5.41) is 5.28. The van der Waals surface area contributed by atoms with Gasteiger partial charge in [-0.15, -0.1) is 11.3 Å². The second kappa shape index (κ2) is 9.44. The molecule has 2 aliphatic rings. The maximum atomic E-state index is 12.7. The summed E-state index contributed by atoms with van der Waals surface area (Å²) in [7, 11) is 2.06. The number of hydrogen-bond donors (Lipinski definition) is 1. The molecule has 0 aliphatic carbocycles. The average Bonchev–Trinajstić information content (AvgIpc) is 3.21. The highest BCUT2D eigenvalue weighted by Gasteiger charge is 2.23. The van der Waals surface area contributed by atoms with Gasteiger partial charge < -0.3 is 19.6 Å². The van der Waals surface area contributed by atoms with Gasteiger partial charge in [0.15, 0.2) is 5.13 Å². The van der Waals surface area contributed by atoms with Crippen LogP contribution in [0.1, 0.15) is 5.69 Å². The molecule has 0 atom stereocenters. The van der Waals surface area contributed by atoms with Gasteiger partial charge in [0.05, 0.1) is 12.1 Å². The molecule has 0 bridgehead atoms. The van der Waals surface area contributed by atoms with Crippen molar-refractivity contribution in [3.8, 4) is 0 Å². The van der Waals surface area contributed by atoms with Gasteiger partial charge in [-0.05, 0) is 19.2 Å². The van der Waals surface area contributed by atoms with E-state index in [9.17, 15) is 9.59 Å². The molecule has 1 N–H and O–H groups in total. The van der Waals surface area contributed by atoms with E-state index in [2.05, 4.69) is 39.3 Å². The van der Waals surface area contributed by atoms with Crippen molar-refractivity contribution in [3.63, 3.8) is 0 Å². The van der Waals surface area contributed by atoms with Gasteiger partial charge in [-0.1, -0.05) is 18.2 Å². The van der Waals surface area contributed by atoms with Gasteiger partial charge in [-0.2, -0.15) is 0 Å². The fraction of sp³-hybridized carbons (Fsp3) is 0.476. The van der Waals surface area contributed by atoms with E-state index in [0.717, 1.165) is 26.2 Å². The van der Waals surface area contributed by atoms with Crippen LogP contribution in [-0.4, -0.2) is 91.0 Å². The molecule has 4 rings (SSSR count). The molecule has 30 heavy (non-hydrogen) atoms.